The molecule has 0 saturated heterocycles. The molecule has 0 atom stereocenters. The number of amides is 1. The van der Waals surface area contributed by atoms with E-state index in [-0.39, 0.29) is 18.7 Å². The fraction of sp³-hybridized carbons (Fsp3) is 0.222. The van der Waals surface area contributed by atoms with Gasteiger partial charge in [0.15, 0.2) is 11.6 Å². The summed E-state index contributed by atoms with van der Waals surface area (Å²) in [5.41, 5.74) is 0.0583. The van der Waals surface area contributed by atoms with E-state index in [9.17, 15) is 13.6 Å². The number of halogens is 3. The highest BCUT2D eigenvalue weighted by atomic mass is 127. The number of hydrogen-bond acceptors (Lipinski definition) is 2. The molecule has 0 aliphatic carbocycles. The van der Waals surface area contributed by atoms with E-state index in [4.69, 9.17) is 5.11 Å². The maximum absolute atomic E-state index is 12.8. The van der Waals surface area contributed by atoms with E-state index < -0.39 is 17.5 Å². The average Bonchev–Trinajstić information content (AvgIpc) is 2.20. The molecule has 2 N–H and O–H groups in total. The quantitative estimate of drug-likeness (QED) is 0.649. The van der Waals surface area contributed by atoms with E-state index >= 15 is 0 Å². The van der Waals surface area contributed by atoms with Gasteiger partial charge in [-0.1, -0.05) is 0 Å². The first-order chi connectivity index (χ1) is 7.06. The molecule has 6 heteroatoms. The van der Waals surface area contributed by atoms with Gasteiger partial charge in [-0.2, -0.15) is 0 Å². The molecule has 0 heterocycles. The van der Waals surface area contributed by atoms with Crippen LogP contribution in [-0.4, -0.2) is 24.2 Å². The fourth-order valence-electron chi connectivity index (χ4n) is 0.961. The largest absolute Gasteiger partial charge is 0.395 e. The summed E-state index contributed by atoms with van der Waals surface area (Å²) < 4.78 is 25.9. The van der Waals surface area contributed by atoms with Crippen molar-refractivity contribution >= 4 is 28.5 Å². The van der Waals surface area contributed by atoms with Crippen LogP contribution in [0.2, 0.25) is 0 Å². The monoisotopic (exact) mass is 327 g/mol. The normalized spacial score (nSPS) is 10.1. The first-order valence-electron chi connectivity index (χ1n) is 4.10. The van der Waals surface area contributed by atoms with Gasteiger partial charge in [0.05, 0.1) is 12.2 Å². The Morgan fingerprint density at radius 3 is 2.60 bits per heavy atom. The molecule has 1 aromatic carbocycles. The van der Waals surface area contributed by atoms with Crippen LogP contribution in [0.25, 0.3) is 0 Å². The first kappa shape index (κ1) is 12.3. The second-order valence-corrected chi connectivity index (χ2v) is 3.89. The summed E-state index contributed by atoms with van der Waals surface area (Å²) >= 11 is 1.74. The minimum absolute atomic E-state index is 0.0583. The number of rotatable bonds is 3. The van der Waals surface area contributed by atoms with Crippen molar-refractivity contribution in [2.24, 2.45) is 0 Å². The molecule has 0 fully saturated rings. The number of aliphatic hydroxyl groups excluding tert-OH is 1. The molecule has 0 aromatic heterocycles. The van der Waals surface area contributed by atoms with Crippen molar-refractivity contribution in [2.75, 3.05) is 13.2 Å². The van der Waals surface area contributed by atoms with Crippen LogP contribution >= 0.6 is 22.6 Å². The third kappa shape index (κ3) is 3.10. The lowest BCUT2D eigenvalue weighted by molar-refractivity contribution is 0.0943. The molecular formula is C9H8F2INO2. The Labute approximate surface area is 98.6 Å². The van der Waals surface area contributed by atoms with Crippen LogP contribution in [0, 0.1) is 15.2 Å². The Hall–Kier alpha value is -0.760. The maximum atomic E-state index is 12.8. The zero-order valence-corrected chi connectivity index (χ0v) is 9.72. The highest BCUT2D eigenvalue weighted by Gasteiger charge is 2.13. The van der Waals surface area contributed by atoms with Crippen LogP contribution in [0.5, 0.6) is 0 Å². The number of nitrogens with one attached hydrogen (secondary N) is 1. The van der Waals surface area contributed by atoms with Gasteiger partial charge in [-0.3, -0.25) is 4.79 Å². The summed E-state index contributed by atoms with van der Waals surface area (Å²) in [6, 6.07) is 1.79. The third-order valence-corrected chi connectivity index (χ3v) is 2.54. The molecule has 1 rings (SSSR count). The number of hydrogen-bond donors (Lipinski definition) is 2. The predicted molar refractivity (Wildman–Crippen MR) is 58.5 cm³/mol. The Morgan fingerprint density at radius 1 is 1.40 bits per heavy atom. The van der Waals surface area contributed by atoms with E-state index in [1.54, 1.807) is 22.6 Å². The molecule has 82 valence electrons. The average molecular weight is 327 g/mol. The topological polar surface area (TPSA) is 49.3 Å². The van der Waals surface area contributed by atoms with Crippen LogP contribution in [-0.2, 0) is 0 Å². The summed E-state index contributed by atoms with van der Waals surface area (Å²) in [5, 5.41) is 10.8. The molecule has 0 bridgehead atoms. The zero-order chi connectivity index (χ0) is 11.4. The van der Waals surface area contributed by atoms with Gasteiger partial charge in [0.25, 0.3) is 5.91 Å². The molecule has 15 heavy (non-hydrogen) atoms. The zero-order valence-electron chi connectivity index (χ0n) is 7.56. The first-order valence-corrected chi connectivity index (χ1v) is 5.17. The van der Waals surface area contributed by atoms with Crippen LogP contribution in [0.4, 0.5) is 8.78 Å². The molecule has 0 aliphatic rings. The van der Waals surface area contributed by atoms with Crippen molar-refractivity contribution in [1.29, 1.82) is 0 Å². The lowest BCUT2D eigenvalue weighted by Gasteiger charge is -2.05. The smallest absolute Gasteiger partial charge is 0.252 e. The van der Waals surface area contributed by atoms with Gasteiger partial charge in [0.1, 0.15) is 0 Å². The molecular weight excluding hydrogens is 319 g/mol. The highest BCUT2D eigenvalue weighted by molar-refractivity contribution is 14.1. The molecule has 1 amide bonds. The number of carbonyl (C=O) groups is 1. The minimum atomic E-state index is -1.07. The molecule has 0 unspecified atom stereocenters. The van der Waals surface area contributed by atoms with Gasteiger partial charge in [0, 0.05) is 10.1 Å². The van der Waals surface area contributed by atoms with Crippen molar-refractivity contribution in [1.82, 2.24) is 5.32 Å². The Kier molecular flexibility index (Phi) is 4.40. The fourth-order valence-corrected chi connectivity index (χ4v) is 1.64. The number of benzene rings is 1. The number of aliphatic hydroxyl groups is 1. The molecule has 1 aromatic rings. The lowest BCUT2D eigenvalue weighted by atomic mass is 10.2. The van der Waals surface area contributed by atoms with Gasteiger partial charge < -0.3 is 10.4 Å². The van der Waals surface area contributed by atoms with E-state index in [0.29, 0.717) is 3.57 Å². The van der Waals surface area contributed by atoms with E-state index in [1.165, 1.54) is 0 Å². The predicted octanol–water partition coefficient (Wildman–Crippen LogP) is 1.29. The van der Waals surface area contributed by atoms with Crippen molar-refractivity contribution in [3.05, 3.63) is 32.9 Å². The van der Waals surface area contributed by atoms with Crippen molar-refractivity contribution in [3.8, 4) is 0 Å². The van der Waals surface area contributed by atoms with E-state index in [0.717, 1.165) is 12.1 Å². The minimum Gasteiger partial charge on any atom is -0.395 e. The summed E-state index contributed by atoms with van der Waals surface area (Å²) in [4.78, 5) is 11.4. The summed E-state index contributed by atoms with van der Waals surface area (Å²) in [6.07, 6.45) is 0. The van der Waals surface area contributed by atoms with E-state index in [1.807, 2.05) is 0 Å². The van der Waals surface area contributed by atoms with Crippen molar-refractivity contribution < 1.29 is 18.7 Å². The van der Waals surface area contributed by atoms with Crippen molar-refractivity contribution in [2.45, 2.75) is 0 Å². The van der Waals surface area contributed by atoms with Gasteiger partial charge in [0.2, 0.25) is 0 Å². The SMILES string of the molecule is O=C(NCCO)c1cc(F)c(F)cc1I. The summed E-state index contributed by atoms with van der Waals surface area (Å²) in [7, 11) is 0. The summed E-state index contributed by atoms with van der Waals surface area (Å²) in [6.45, 7) is -0.125. The molecule has 0 saturated carbocycles. The second-order valence-electron chi connectivity index (χ2n) is 2.73. The maximum Gasteiger partial charge on any atom is 0.252 e. The third-order valence-electron chi connectivity index (χ3n) is 1.65. The highest BCUT2D eigenvalue weighted by Crippen LogP contribution is 2.16. The molecule has 0 aliphatic heterocycles. The molecule has 0 radical (unpaired) electrons. The molecule has 0 spiro atoms. The van der Waals surface area contributed by atoms with Gasteiger partial charge in [-0.05, 0) is 34.7 Å². The van der Waals surface area contributed by atoms with E-state index in [2.05, 4.69) is 5.32 Å². The standard InChI is InChI=1S/C9H8F2INO2/c10-6-3-5(8(12)4-7(6)11)9(15)13-1-2-14/h3-4,14H,1-2H2,(H,13,15). The second kappa shape index (κ2) is 5.36. The Balaban J connectivity index is 2.94. The van der Waals surface area contributed by atoms with Crippen molar-refractivity contribution in [3.63, 3.8) is 0 Å². The van der Waals surface area contributed by atoms with Gasteiger partial charge in [-0.25, -0.2) is 8.78 Å². The molecule has 3 nitrogen and oxygen atoms in total. The van der Waals surface area contributed by atoms with Gasteiger partial charge >= 0.3 is 0 Å². The Morgan fingerprint density at radius 2 is 2.00 bits per heavy atom. The van der Waals surface area contributed by atoms with Crippen LogP contribution in [0.3, 0.4) is 0 Å². The van der Waals surface area contributed by atoms with Crippen LogP contribution in [0.1, 0.15) is 10.4 Å². The Bertz CT molecular complexity index is 385. The van der Waals surface area contributed by atoms with Gasteiger partial charge in [-0.15, -0.1) is 0 Å². The van der Waals surface area contributed by atoms with Crippen LogP contribution in [0.15, 0.2) is 12.1 Å². The van der Waals surface area contributed by atoms with Crippen LogP contribution < -0.4 is 5.32 Å². The number of carbonyl (C=O) groups excluding carboxylic acids is 1. The summed E-state index contributed by atoms with van der Waals surface area (Å²) in [5.74, 6) is -2.59. The lowest BCUT2D eigenvalue weighted by Crippen LogP contribution is -2.27.